The topological polar surface area (TPSA) is 86.7 Å². The lowest BCUT2D eigenvalue weighted by Gasteiger charge is -1.95. The number of nitrogen functional groups attached to an aromatic ring is 1. The van der Waals surface area contributed by atoms with Gasteiger partial charge in [0.1, 0.15) is 17.4 Å². The monoisotopic (exact) mass is 209 g/mol. The summed E-state index contributed by atoms with van der Waals surface area (Å²) >= 11 is 0. The Morgan fingerprint density at radius 2 is 1.75 bits per heavy atom. The molecule has 0 aliphatic rings. The molecular formula is C12H7N3O. The molecule has 0 aliphatic heterocycles. The third-order valence-corrected chi connectivity index (χ3v) is 2.18. The van der Waals surface area contributed by atoms with E-state index in [0.29, 0.717) is 16.9 Å². The normalized spacial score (nSPS) is 9.38. The summed E-state index contributed by atoms with van der Waals surface area (Å²) in [6.07, 6.45) is 0. The predicted molar refractivity (Wildman–Crippen MR) is 58.0 cm³/mol. The first-order valence-corrected chi connectivity index (χ1v) is 4.54. The quantitative estimate of drug-likeness (QED) is 0.780. The molecule has 0 bridgehead atoms. The van der Waals surface area contributed by atoms with Crippen molar-refractivity contribution in [2.75, 3.05) is 5.73 Å². The molecule has 2 N–H and O–H groups in total. The minimum atomic E-state index is 0.113. The standard InChI is InChI=1S/C12H7N3O/c13-6-8-1-3-9(4-2-8)11-5-10(7-14)12(15)16-11/h1-5H,15H2. The molecule has 76 valence electrons. The van der Waals surface area contributed by atoms with Gasteiger partial charge >= 0.3 is 0 Å². The van der Waals surface area contributed by atoms with E-state index in [1.54, 1.807) is 30.3 Å². The molecule has 4 nitrogen and oxygen atoms in total. The summed E-state index contributed by atoms with van der Waals surface area (Å²) in [7, 11) is 0. The summed E-state index contributed by atoms with van der Waals surface area (Å²) in [5, 5.41) is 17.4. The molecule has 0 atom stereocenters. The molecule has 16 heavy (non-hydrogen) atoms. The highest BCUT2D eigenvalue weighted by Crippen LogP contribution is 2.26. The van der Waals surface area contributed by atoms with Crippen molar-refractivity contribution in [1.29, 1.82) is 10.5 Å². The number of nitrogens with two attached hydrogens (primary N) is 1. The van der Waals surface area contributed by atoms with Gasteiger partial charge in [0.2, 0.25) is 5.88 Å². The van der Waals surface area contributed by atoms with E-state index in [0.717, 1.165) is 5.56 Å². The van der Waals surface area contributed by atoms with Crippen LogP contribution >= 0.6 is 0 Å². The summed E-state index contributed by atoms with van der Waals surface area (Å²) in [5.74, 6) is 0.639. The number of rotatable bonds is 1. The maximum Gasteiger partial charge on any atom is 0.208 e. The zero-order valence-electron chi connectivity index (χ0n) is 8.27. The Morgan fingerprint density at radius 1 is 1.06 bits per heavy atom. The fourth-order valence-electron chi connectivity index (χ4n) is 1.34. The lowest BCUT2D eigenvalue weighted by molar-refractivity contribution is 0.602. The van der Waals surface area contributed by atoms with Crippen LogP contribution in [0.1, 0.15) is 11.1 Å². The van der Waals surface area contributed by atoms with Crippen molar-refractivity contribution in [2.45, 2.75) is 0 Å². The number of hydrogen-bond acceptors (Lipinski definition) is 4. The van der Waals surface area contributed by atoms with E-state index >= 15 is 0 Å². The van der Waals surface area contributed by atoms with Crippen LogP contribution in [0.5, 0.6) is 0 Å². The van der Waals surface area contributed by atoms with Crippen molar-refractivity contribution in [3.05, 3.63) is 41.5 Å². The van der Waals surface area contributed by atoms with Gasteiger partial charge in [-0.15, -0.1) is 0 Å². The lowest BCUT2D eigenvalue weighted by atomic mass is 10.1. The van der Waals surface area contributed by atoms with Crippen molar-refractivity contribution in [1.82, 2.24) is 0 Å². The Bertz CT molecular complexity index is 597. The minimum absolute atomic E-state index is 0.113. The number of anilines is 1. The van der Waals surface area contributed by atoms with Gasteiger partial charge in [0.05, 0.1) is 11.6 Å². The summed E-state index contributed by atoms with van der Waals surface area (Å²) < 4.78 is 5.24. The zero-order valence-corrected chi connectivity index (χ0v) is 8.27. The second-order valence-electron chi connectivity index (χ2n) is 3.19. The number of furan rings is 1. The number of hydrogen-bond donors (Lipinski definition) is 1. The van der Waals surface area contributed by atoms with Crippen molar-refractivity contribution in [3.8, 4) is 23.5 Å². The molecule has 4 heteroatoms. The molecule has 0 fully saturated rings. The highest BCUT2D eigenvalue weighted by atomic mass is 16.4. The van der Waals surface area contributed by atoms with E-state index in [2.05, 4.69) is 0 Å². The lowest BCUT2D eigenvalue weighted by Crippen LogP contribution is -1.82. The van der Waals surface area contributed by atoms with Gasteiger partial charge in [-0.05, 0) is 24.3 Å². The molecule has 1 heterocycles. The van der Waals surface area contributed by atoms with Crippen LogP contribution in [0.2, 0.25) is 0 Å². The van der Waals surface area contributed by atoms with Crippen molar-refractivity contribution in [3.63, 3.8) is 0 Å². The van der Waals surface area contributed by atoms with E-state index < -0.39 is 0 Å². The van der Waals surface area contributed by atoms with E-state index in [9.17, 15) is 0 Å². The largest absolute Gasteiger partial charge is 0.440 e. The van der Waals surface area contributed by atoms with Crippen LogP contribution < -0.4 is 5.73 Å². The highest BCUT2D eigenvalue weighted by Gasteiger charge is 2.09. The van der Waals surface area contributed by atoms with Crippen LogP contribution in [0, 0.1) is 22.7 Å². The Kier molecular flexibility index (Phi) is 2.33. The molecule has 0 aliphatic carbocycles. The van der Waals surface area contributed by atoms with E-state index in [1.165, 1.54) is 0 Å². The van der Waals surface area contributed by atoms with E-state index in [4.69, 9.17) is 20.7 Å². The van der Waals surface area contributed by atoms with Gasteiger partial charge in [-0.25, -0.2) is 0 Å². The summed E-state index contributed by atoms with van der Waals surface area (Å²) in [6, 6.07) is 12.4. The van der Waals surface area contributed by atoms with Crippen LogP contribution in [0.3, 0.4) is 0 Å². The van der Waals surface area contributed by atoms with Crippen LogP contribution in [0.25, 0.3) is 11.3 Å². The Balaban J connectivity index is 2.44. The van der Waals surface area contributed by atoms with Gasteiger partial charge in [0.25, 0.3) is 0 Å². The van der Waals surface area contributed by atoms with Crippen LogP contribution in [-0.2, 0) is 0 Å². The van der Waals surface area contributed by atoms with Gasteiger partial charge < -0.3 is 10.2 Å². The molecule has 0 saturated carbocycles. The van der Waals surface area contributed by atoms with E-state index in [1.807, 2.05) is 12.1 Å². The smallest absolute Gasteiger partial charge is 0.208 e. The third kappa shape index (κ3) is 1.60. The highest BCUT2D eigenvalue weighted by molar-refractivity contribution is 5.64. The molecule has 1 aromatic heterocycles. The molecule has 0 saturated heterocycles. The Labute approximate surface area is 92.1 Å². The van der Waals surface area contributed by atoms with Crippen molar-refractivity contribution in [2.24, 2.45) is 0 Å². The number of nitriles is 2. The summed E-state index contributed by atoms with van der Waals surface area (Å²) in [4.78, 5) is 0. The number of nitrogens with zero attached hydrogens (tertiary/aromatic N) is 2. The summed E-state index contributed by atoms with van der Waals surface area (Å²) in [6.45, 7) is 0. The van der Waals surface area contributed by atoms with Gasteiger partial charge in [0, 0.05) is 11.6 Å². The fraction of sp³-hybridized carbons (Fsp3) is 0. The third-order valence-electron chi connectivity index (χ3n) is 2.18. The van der Waals surface area contributed by atoms with Crippen molar-refractivity contribution >= 4 is 5.88 Å². The van der Waals surface area contributed by atoms with Gasteiger partial charge in [-0.1, -0.05) is 0 Å². The fourth-order valence-corrected chi connectivity index (χ4v) is 1.34. The van der Waals surface area contributed by atoms with Gasteiger partial charge in [-0.3, -0.25) is 0 Å². The molecule has 1 aromatic carbocycles. The zero-order chi connectivity index (χ0) is 11.5. The summed E-state index contributed by atoms with van der Waals surface area (Å²) in [5.41, 5.74) is 7.18. The Morgan fingerprint density at radius 3 is 2.25 bits per heavy atom. The minimum Gasteiger partial charge on any atom is -0.440 e. The average molecular weight is 209 g/mol. The second kappa shape index (κ2) is 3.80. The molecule has 2 aromatic rings. The maximum atomic E-state index is 8.73. The van der Waals surface area contributed by atoms with E-state index in [-0.39, 0.29) is 5.88 Å². The van der Waals surface area contributed by atoms with Gasteiger partial charge in [0.15, 0.2) is 0 Å². The first-order chi connectivity index (χ1) is 7.74. The van der Waals surface area contributed by atoms with Crippen LogP contribution in [0.15, 0.2) is 34.7 Å². The molecule has 0 unspecified atom stereocenters. The number of benzene rings is 1. The molecule has 0 amide bonds. The predicted octanol–water partition coefficient (Wildman–Crippen LogP) is 2.27. The first kappa shape index (κ1) is 9.82. The van der Waals surface area contributed by atoms with Crippen molar-refractivity contribution < 1.29 is 4.42 Å². The van der Waals surface area contributed by atoms with Gasteiger partial charge in [-0.2, -0.15) is 10.5 Å². The Hall–Kier alpha value is -2.72. The second-order valence-corrected chi connectivity index (χ2v) is 3.19. The first-order valence-electron chi connectivity index (χ1n) is 4.54. The molecule has 2 rings (SSSR count). The molecule has 0 spiro atoms. The van der Waals surface area contributed by atoms with Crippen LogP contribution in [-0.4, -0.2) is 0 Å². The average Bonchev–Trinajstić information content (AvgIpc) is 2.71. The van der Waals surface area contributed by atoms with Crippen LogP contribution in [0.4, 0.5) is 5.88 Å². The maximum absolute atomic E-state index is 8.73. The molecular weight excluding hydrogens is 202 g/mol. The molecule has 0 radical (unpaired) electrons. The SMILES string of the molecule is N#Cc1ccc(-c2cc(C#N)c(N)o2)cc1.